The number of ether oxygens (including phenoxy) is 1. The van der Waals surface area contributed by atoms with Crippen LogP contribution in [0.15, 0.2) is 41.6 Å². The number of fused-ring (bicyclic) bond motifs is 1. The van der Waals surface area contributed by atoms with Gasteiger partial charge in [0.25, 0.3) is 5.91 Å². The molecule has 11 heteroatoms. The minimum Gasteiger partial charge on any atom is -0.482 e. The van der Waals surface area contributed by atoms with Crippen molar-refractivity contribution < 1.29 is 27.5 Å². The van der Waals surface area contributed by atoms with E-state index in [0.717, 1.165) is 17.8 Å². The van der Waals surface area contributed by atoms with Gasteiger partial charge in [-0.05, 0) is 18.2 Å². The van der Waals surface area contributed by atoms with E-state index in [4.69, 9.17) is 16.3 Å². The summed E-state index contributed by atoms with van der Waals surface area (Å²) in [6, 6.07) is 7.72. The van der Waals surface area contributed by atoms with Gasteiger partial charge in [-0.1, -0.05) is 23.7 Å². The number of nitrogens with one attached hydrogen (secondary N) is 1. The number of para-hydroxylation sites is 2. The van der Waals surface area contributed by atoms with Crippen molar-refractivity contribution in [2.24, 2.45) is 0 Å². The van der Waals surface area contributed by atoms with Gasteiger partial charge < -0.3 is 10.1 Å². The molecule has 0 radical (unpaired) electrons. The monoisotopic (exact) mass is 445 g/mol. The maximum atomic E-state index is 12.6. The fourth-order valence-electron chi connectivity index (χ4n) is 2.55. The molecule has 0 saturated heterocycles. The minimum absolute atomic E-state index is 0.105. The Morgan fingerprint density at radius 3 is 2.83 bits per heavy atom. The van der Waals surface area contributed by atoms with Crippen LogP contribution in [0, 0.1) is 0 Å². The second-order valence-corrected chi connectivity index (χ2v) is 7.43. The Morgan fingerprint density at radius 2 is 2.10 bits per heavy atom. The smallest absolute Gasteiger partial charge is 0.417 e. The SMILES string of the molecule is O=C(CN1C(=O)COc2ccccc21)NCCSc1ncc(C(F)(F)F)cc1Cl. The largest absolute Gasteiger partial charge is 0.482 e. The lowest BCUT2D eigenvalue weighted by Gasteiger charge is -2.28. The number of carbonyl (C=O) groups is 2. The molecule has 0 unspecified atom stereocenters. The molecular weight excluding hydrogens is 431 g/mol. The summed E-state index contributed by atoms with van der Waals surface area (Å²) in [7, 11) is 0. The molecule has 1 aliphatic heterocycles. The first-order valence-corrected chi connectivity index (χ1v) is 9.76. The zero-order valence-corrected chi connectivity index (χ0v) is 16.4. The first-order valence-electron chi connectivity index (χ1n) is 8.40. The lowest BCUT2D eigenvalue weighted by molar-refractivity contribution is -0.137. The Hall–Kier alpha value is -2.46. The molecule has 2 amide bonds. The Morgan fingerprint density at radius 1 is 1.34 bits per heavy atom. The highest BCUT2D eigenvalue weighted by molar-refractivity contribution is 7.99. The van der Waals surface area contributed by atoms with E-state index >= 15 is 0 Å². The third kappa shape index (κ3) is 5.33. The molecule has 1 aliphatic rings. The molecule has 154 valence electrons. The van der Waals surface area contributed by atoms with E-state index in [0.29, 0.717) is 23.4 Å². The van der Waals surface area contributed by atoms with Crippen LogP contribution < -0.4 is 15.0 Å². The predicted molar refractivity (Wildman–Crippen MR) is 102 cm³/mol. The molecule has 1 aromatic heterocycles. The zero-order valence-electron chi connectivity index (χ0n) is 14.8. The normalized spacial score (nSPS) is 13.7. The van der Waals surface area contributed by atoms with Crippen molar-refractivity contribution in [1.82, 2.24) is 10.3 Å². The number of alkyl halides is 3. The summed E-state index contributed by atoms with van der Waals surface area (Å²) in [6.45, 7) is -0.0793. The number of amides is 2. The van der Waals surface area contributed by atoms with Crippen LogP contribution in [0.1, 0.15) is 5.56 Å². The van der Waals surface area contributed by atoms with Crippen LogP contribution in [0.5, 0.6) is 5.75 Å². The molecule has 0 aliphatic carbocycles. The lowest BCUT2D eigenvalue weighted by Crippen LogP contribution is -2.45. The summed E-state index contributed by atoms with van der Waals surface area (Å²) < 4.78 is 43.2. The van der Waals surface area contributed by atoms with Gasteiger partial charge in [-0.3, -0.25) is 14.5 Å². The summed E-state index contributed by atoms with van der Waals surface area (Å²) >= 11 is 6.96. The second-order valence-electron chi connectivity index (χ2n) is 5.94. The zero-order chi connectivity index (χ0) is 21.0. The average molecular weight is 446 g/mol. The number of hydrogen-bond acceptors (Lipinski definition) is 5. The van der Waals surface area contributed by atoms with Gasteiger partial charge in [0.1, 0.15) is 17.3 Å². The number of nitrogens with zero attached hydrogens (tertiary/aromatic N) is 2. The molecule has 0 bridgehead atoms. The molecule has 3 rings (SSSR count). The molecule has 1 N–H and O–H groups in total. The number of benzene rings is 1. The van der Waals surface area contributed by atoms with Gasteiger partial charge >= 0.3 is 6.18 Å². The number of halogens is 4. The quantitative estimate of drug-likeness (QED) is 0.545. The van der Waals surface area contributed by atoms with E-state index in [2.05, 4.69) is 10.3 Å². The summed E-state index contributed by atoms with van der Waals surface area (Å²) in [5.74, 6) is 0.173. The first-order chi connectivity index (χ1) is 13.8. The van der Waals surface area contributed by atoms with Gasteiger partial charge in [0.15, 0.2) is 6.61 Å². The molecule has 2 heterocycles. The number of anilines is 1. The summed E-state index contributed by atoms with van der Waals surface area (Å²) in [6.07, 6.45) is -3.79. The Bertz CT molecular complexity index is 927. The third-order valence-electron chi connectivity index (χ3n) is 3.91. The summed E-state index contributed by atoms with van der Waals surface area (Å²) in [5.41, 5.74) is -0.398. The van der Waals surface area contributed by atoms with Crippen molar-refractivity contribution in [3.63, 3.8) is 0 Å². The molecule has 0 atom stereocenters. The van der Waals surface area contributed by atoms with Crippen molar-refractivity contribution in [1.29, 1.82) is 0 Å². The Kier molecular flexibility index (Phi) is 6.53. The number of thioether (sulfide) groups is 1. The van der Waals surface area contributed by atoms with Crippen LogP contribution in [0.2, 0.25) is 5.02 Å². The highest BCUT2D eigenvalue weighted by Crippen LogP contribution is 2.33. The maximum Gasteiger partial charge on any atom is 0.417 e. The van der Waals surface area contributed by atoms with Crippen molar-refractivity contribution in [3.8, 4) is 5.75 Å². The van der Waals surface area contributed by atoms with Crippen molar-refractivity contribution in [2.75, 3.05) is 30.3 Å². The number of hydrogen-bond donors (Lipinski definition) is 1. The van der Waals surface area contributed by atoms with E-state index in [9.17, 15) is 22.8 Å². The van der Waals surface area contributed by atoms with Crippen LogP contribution in [-0.2, 0) is 15.8 Å². The molecule has 29 heavy (non-hydrogen) atoms. The summed E-state index contributed by atoms with van der Waals surface area (Å²) in [5, 5.41) is 2.80. The van der Waals surface area contributed by atoms with Crippen LogP contribution in [0.25, 0.3) is 0 Å². The fraction of sp³-hybridized carbons (Fsp3) is 0.278. The van der Waals surface area contributed by atoms with Gasteiger partial charge in [0.2, 0.25) is 5.91 Å². The van der Waals surface area contributed by atoms with Crippen LogP contribution in [-0.4, -0.2) is 42.2 Å². The van der Waals surface area contributed by atoms with E-state index < -0.39 is 11.7 Å². The highest BCUT2D eigenvalue weighted by atomic mass is 35.5. The van der Waals surface area contributed by atoms with Crippen molar-refractivity contribution in [3.05, 3.63) is 47.1 Å². The van der Waals surface area contributed by atoms with Gasteiger partial charge in [0, 0.05) is 18.5 Å². The molecule has 0 fully saturated rings. The Labute approximate surface area is 173 Å². The standard InChI is InChI=1S/C18H15ClF3N3O3S/c19-12-7-11(18(20,21)22)8-24-17(12)29-6-5-23-15(26)9-25-13-3-1-2-4-14(13)28-10-16(25)27/h1-4,7-8H,5-6,9-10H2,(H,23,26). The average Bonchev–Trinajstić information content (AvgIpc) is 2.67. The predicted octanol–water partition coefficient (Wildman–Crippen LogP) is 3.39. The van der Waals surface area contributed by atoms with E-state index in [1.807, 2.05) is 0 Å². The molecule has 0 spiro atoms. The third-order valence-corrected chi connectivity index (χ3v) is 5.31. The molecular formula is C18H15ClF3N3O3S. The molecule has 1 aromatic carbocycles. The molecule has 0 saturated carbocycles. The molecule has 6 nitrogen and oxygen atoms in total. The van der Waals surface area contributed by atoms with Gasteiger partial charge in [-0.25, -0.2) is 4.98 Å². The number of pyridine rings is 1. The van der Waals surface area contributed by atoms with E-state index in [1.165, 1.54) is 4.90 Å². The van der Waals surface area contributed by atoms with E-state index in [-0.39, 0.29) is 41.6 Å². The Balaban J connectivity index is 1.49. The maximum absolute atomic E-state index is 12.6. The van der Waals surface area contributed by atoms with Crippen LogP contribution in [0.4, 0.5) is 18.9 Å². The van der Waals surface area contributed by atoms with Crippen molar-refractivity contribution in [2.45, 2.75) is 11.2 Å². The summed E-state index contributed by atoms with van der Waals surface area (Å²) in [4.78, 5) is 29.3. The fourth-order valence-corrected chi connectivity index (χ4v) is 3.60. The van der Waals surface area contributed by atoms with Crippen molar-refractivity contribution >= 4 is 40.9 Å². The van der Waals surface area contributed by atoms with Crippen LogP contribution in [0.3, 0.4) is 0 Å². The second kappa shape index (κ2) is 8.91. The molecule has 2 aromatic rings. The number of carbonyl (C=O) groups excluding carboxylic acids is 2. The van der Waals surface area contributed by atoms with Gasteiger partial charge in [-0.15, -0.1) is 11.8 Å². The topological polar surface area (TPSA) is 71.5 Å². The van der Waals surface area contributed by atoms with E-state index in [1.54, 1.807) is 24.3 Å². The van der Waals surface area contributed by atoms with Crippen LogP contribution >= 0.6 is 23.4 Å². The number of aromatic nitrogens is 1. The lowest BCUT2D eigenvalue weighted by atomic mass is 10.2. The minimum atomic E-state index is -4.51. The van der Waals surface area contributed by atoms with Gasteiger partial charge in [-0.2, -0.15) is 13.2 Å². The number of rotatable bonds is 6. The highest BCUT2D eigenvalue weighted by Gasteiger charge is 2.31. The first kappa shape index (κ1) is 21.3. The van der Waals surface area contributed by atoms with Gasteiger partial charge in [0.05, 0.1) is 16.3 Å².